The first-order valence-corrected chi connectivity index (χ1v) is 6.96. The summed E-state index contributed by atoms with van der Waals surface area (Å²) in [4.78, 5) is 28.7. The van der Waals surface area contributed by atoms with E-state index in [1.54, 1.807) is 24.4 Å². The minimum Gasteiger partial charge on any atom is -0.348 e. The summed E-state index contributed by atoms with van der Waals surface area (Å²) in [5.41, 5.74) is 2.30. The zero-order chi connectivity index (χ0) is 15.5. The number of nitrogens with zero attached hydrogens (tertiary/aromatic N) is 2. The maximum absolute atomic E-state index is 12.3. The number of aromatic nitrogens is 2. The van der Waals surface area contributed by atoms with Gasteiger partial charge < -0.3 is 5.32 Å². The molecule has 0 aliphatic carbocycles. The zero-order valence-electron chi connectivity index (χ0n) is 12.1. The molecule has 0 spiro atoms. The van der Waals surface area contributed by atoms with E-state index in [9.17, 15) is 9.59 Å². The van der Waals surface area contributed by atoms with Crippen LogP contribution in [0.5, 0.6) is 0 Å². The van der Waals surface area contributed by atoms with Crippen LogP contribution in [0.4, 0.5) is 0 Å². The van der Waals surface area contributed by atoms with E-state index in [0.717, 1.165) is 11.1 Å². The van der Waals surface area contributed by atoms with E-state index in [2.05, 4.69) is 10.3 Å². The molecule has 22 heavy (non-hydrogen) atoms. The fourth-order valence-corrected chi connectivity index (χ4v) is 2.26. The molecule has 0 aliphatic rings. The second-order valence-corrected chi connectivity index (χ2v) is 5.02. The second-order valence-electron chi connectivity index (χ2n) is 5.02. The van der Waals surface area contributed by atoms with Crippen LogP contribution in [0.2, 0.25) is 0 Å². The van der Waals surface area contributed by atoms with Gasteiger partial charge in [0.1, 0.15) is 11.2 Å². The number of carbonyl (C=O) groups excluding carboxylic acids is 1. The average Bonchev–Trinajstić information content (AvgIpc) is 2.54. The molecule has 0 aliphatic heterocycles. The maximum atomic E-state index is 12.3. The molecule has 0 bridgehead atoms. The van der Waals surface area contributed by atoms with E-state index >= 15 is 0 Å². The Morgan fingerprint density at radius 3 is 2.77 bits per heavy atom. The van der Waals surface area contributed by atoms with Gasteiger partial charge in [0.25, 0.3) is 11.5 Å². The Bertz CT molecular complexity index is 900. The summed E-state index contributed by atoms with van der Waals surface area (Å²) >= 11 is 0. The van der Waals surface area contributed by atoms with E-state index in [4.69, 9.17) is 0 Å². The van der Waals surface area contributed by atoms with Gasteiger partial charge in [-0.05, 0) is 30.2 Å². The summed E-state index contributed by atoms with van der Waals surface area (Å²) in [5, 5.41) is 2.77. The lowest BCUT2D eigenvalue weighted by Crippen LogP contribution is -2.31. The molecular formula is C17H15N3O2. The number of fused-ring (bicyclic) bond motifs is 1. The summed E-state index contributed by atoms with van der Waals surface area (Å²) in [6.07, 6.45) is 2.92. The Hall–Kier alpha value is -2.95. The number of amides is 1. The molecule has 5 heteroatoms. The Kier molecular flexibility index (Phi) is 3.70. The summed E-state index contributed by atoms with van der Waals surface area (Å²) in [7, 11) is 0. The van der Waals surface area contributed by atoms with Gasteiger partial charge in [0, 0.05) is 18.9 Å². The van der Waals surface area contributed by atoms with Gasteiger partial charge in [0.05, 0.1) is 0 Å². The molecule has 3 aromatic rings. The molecule has 1 aromatic carbocycles. The molecule has 5 nitrogen and oxygen atoms in total. The third-order valence-electron chi connectivity index (χ3n) is 3.56. The highest BCUT2D eigenvalue weighted by Crippen LogP contribution is 2.06. The molecule has 1 amide bonds. The van der Waals surface area contributed by atoms with E-state index in [-0.39, 0.29) is 11.1 Å². The zero-order valence-corrected chi connectivity index (χ0v) is 12.1. The molecule has 2 heterocycles. The van der Waals surface area contributed by atoms with Crippen molar-refractivity contribution in [2.24, 2.45) is 0 Å². The average molecular weight is 293 g/mol. The van der Waals surface area contributed by atoms with Crippen LogP contribution in [0.25, 0.3) is 5.65 Å². The van der Waals surface area contributed by atoms with Gasteiger partial charge >= 0.3 is 0 Å². The molecule has 2 aromatic heterocycles. The van der Waals surface area contributed by atoms with Crippen LogP contribution in [0, 0.1) is 6.92 Å². The van der Waals surface area contributed by atoms with Gasteiger partial charge in [0.15, 0.2) is 0 Å². The van der Waals surface area contributed by atoms with Crippen LogP contribution in [0.3, 0.4) is 0 Å². The summed E-state index contributed by atoms with van der Waals surface area (Å²) in [5.74, 6) is -0.418. The number of carbonyl (C=O) groups is 1. The number of nitrogens with one attached hydrogen (secondary N) is 1. The van der Waals surface area contributed by atoms with Crippen molar-refractivity contribution in [2.45, 2.75) is 13.5 Å². The Balaban J connectivity index is 1.85. The van der Waals surface area contributed by atoms with Crippen molar-refractivity contribution in [3.8, 4) is 0 Å². The van der Waals surface area contributed by atoms with Gasteiger partial charge in [-0.3, -0.25) is 14.0 Å². The molecule has 0 fully saturated rings. The monoisotopic (exact) mass is 293 g/mol. The first kappa shape index (κ1) is 14.0. The van der Waals surface area contributed by atoms with Crippen molar-refractivity contribution in [1.29, 1.82) is 0 Å². The van der Waals surface area contributed by atoms with E-state index in [0.29, 0.717) is 12.2 Å². The van der Waals surface area contributed by atoms with Crippen molar-refractivity contribution in [1.82, 2.24) is 14.7 Å². The number of hydrogen-bond acceptors (Lipinski definition) is 3. The van der Waals surface area contributed by atoms with Crippen LogP contribution in [0.15, 0.2) is 59.7 Å². The summed E-state index contributed by atoms with van der Waals surface area (Å²) < 4.78 is 1.36. The minimum atomic E-state index is -0.418. The molecule has 0 radical (unpaired) electrons. The Labute approximate surface area is 127 Å². The quantitative estimate of drug-likeness (QED) is 0.802. The smallest absolute Gasteiger partial charge is 0.270 e. The van der Waals surface area contributed by atoms with Gasteiger partial charge in [0.2, 0.25) is 0 Å². The van der Waals surface area contributed by atoms with Crippen LogP contribution < -0.4 is 10.9 Å². The second kappa shape index (κ2) is 5.81. The third-order valence-corrected chi connectivity index (χ3v) is 3.56. The molecule has 3 rings (SSSR count). The van der Waals surface area contributed by atoms with E-state index < -0.39 is 5.91 Å². The first-order chi connectivity index (χ1) is 10.7. The largest absolute Gasteiger partial charge is 0.348 e. The molecule has 0 saturated heterocycles. The topological polar surface area (TPSA) is 63.5 Å². The molecule has 0 saturated carbocycles. The van der Waals surface area contributed by atoms with Crippen molar-refractivity contribution >= 4 is 11.6 Å². The normalized spacial score (nSPS) is 10.6. The highest BCUT2D eigenvalue weighted by atomic mass is 16.2. The molecule has 0 atom stereocenters. The highest BCUT2D eigenvalue weighted by Gasteiger charge is 2.13. The van der Waals surface area contributed by atoms with Crippen LogP contribution in [-0.4, -0.2) is 15.3 Å². The molecule has 1 N–H and O–H groups in total. The number of aryl methyl sites for hydroxylation is 1. The van der Waals surface area contributed by atoms with Crippen LogP contribution in [-0.2, 0) is 6.54 Å². The standard InChI is InChI=1S/C17H15N3O2/c1-12-6-2-3-7-13(12)10-19-16(21)14-11-18-15-8-4-5-9-20(15)17(14)22/h2-9,11H,10H2,1H3,(H,19,21). The highest BCUT2D eigenvalue weighted by molar-refractivity contribution is 5.93. The van der Waals surface area contributed by atoms with Crippen molar-refractivity contribution < 1.29 is 4.79 Å². The fourth-order valence-electron chi connectivity index (χ4n) is 2.26. The Morgan fingerprint density at radius 1 is 1.18 bits per heavy atom. The predicted molar refractivity (Wildman–Crippen MR) is 83.8 cm³/mol. The van der Waals surface area contributed by atoms with Crippen molar-refractivity contribution in [3.63, 3.8) is 0 Å². The van der Waals surface area contributed by atoms with E-state index in [1.165, 1.54) is 10.6 Å². The number of benzene rings is 1. The van der Waals surface area contributed by atoms with Gasteiger partial charge in [-0.15, -0.1) is 0 Å². The molecule has 0 unspecified atom stereocenters. The summed E-state index contributed by atoms with van der Waals surface area (Å²) in [6, 6.07) is 13.0. The van der Waals surface area contributed by atoms with Crippen LogP contribution >= 0.6 is 0 Å². The third kappa shape index (κ3) is 2.61. The number of hydrogen-bond donors (Lipinski definition) is 1. The van der Waals surface area contributed by atoms with Gasteiger partial charge in [-0.25, -0.2) is 4.98 Å². The van der Waals surface area contributed by atoms with E-state index in [1.807, 2.05) is 31.2 Å². The van der Waals surface area contributed by atoms with Crippen LogP contribution in [0.1, 0.15) is 21.5 Å². The predicted octanol–water partition coefficient (Wildman–Crippen LogP) is 1.93. The van der Waals surface area contributed by atoms with Crippen molar-refractivity contribution in [2.75, 3.05) is 0 Å². The van der Waals surface area contributed by atoms with Crippen molar-refractivity contribution in [3.05, 3.63) is 81.9 Å². The lowest BCUT2D eigenvalue weighted by molar-refractivity contribution is 0.0949. The SMILES string of the molecule is Cc1ccccc1CNC(=O)c1cnc2ccccn2c1=O. The fraction of sp³-hybridized carbons (Fsp3) is 0.118. The Morgan fingerprint density at radius 2 is 1.95 bits per heavy atom. The number of rotatable bonds is 3. The summed E-state index contributed by atoms with van der Waals surface area (Å²) in [6.45, 7) is 2.36. The first-order valence-electron chi connectivity index (χ1n) is 6.96. The van der Waals surface area contributed by atoms with Gasteiger partial charge in [-0.2, -0.15) is 0 Å². The lowest BCUT2D eigenvalue weighted by Gasteiger charge is -2.08. The molecule has 110 valence electrons. The number of pyridine rings is 1. The lowest BCUT2D eigenvalue weighted by atomic mass is 10.1. The maximum Gasteiger partial charge on any atom is 0.270 e. The minimum absolute atomic E-state index is 0.0392. The van der Waals surface area contributed by atoms with Gasteiger partial charge in [-0.1, -0.05) is 30.3 Å². The molecular weight excluding hydrogens is 278 g/mol.